The number of para-hydroxylation sites is 2. The van der Waals surface area contributed by atoms with Gasteiger partial charge in [-0.05, 0) is 81.4 Å². The number of benzene rings is 6. The molecule has 7 aromatic rings. The number of anilines is 2. The third-order valence-corrected chi connectivity index (χ3v) is 9.53. The maximum Gasteiger partial charge on any atom is 0.0547 e. The van der Waals surface area contributed by atoms with Crippen LogP contribution in [0.15, 0.2) is 127 Å². The van der Waals surface area contributed by atoms with Gasteiger partial charge in [0.1, 0.15) is 0 Å². The molecule has 6 aromatic carbocycles. The van der Waals surface area contributed by atoms with Crippen LogP contribution in [0, 0.1) is 0 Å². The summed E-state index contributed by atoms with van der Waals surface area (Å²) in [5.41, 5.74) is 16.3. The summed E-state index contributed by atoms with van der Waals surface area (Å²) < 4.78 is 2.38. The van der Waals surface area contributed by atoms with Gasteiger partial charge in [0.25, 0.3) is 0 Å². The molecule has 1 aromatic heterocycles. The molecular weight excluding hydrogens is 520 g/mol. The Bertz CT molecular complexity index is 2280. The van der Waals surface area contributed by atoms with E-state index in [1.165, 1.54) is 72.0 Å². The average Bonchev–Trinajstić information content (AvgIpc) is 3.40. The van der Waals surface area contributed by atoms with Crippen LogP contribution in [0.4, 0.5) is 11.4 Å². The van der Waals surface area contributed by atoms with Crippen molar-refractivity contribution in [2.24, 2.45) is 0 Å². The topological polar surface area (TPSA) is 17.0 Å². The normalized spacial score (nSPS) is 14.1. The van der Waals surface area contributed by atoms with E-state index in [-0.39, 0.29) is 5.41 Å². The van der Waals surface area contributed by atoms with Gasteiger partial charge in [0.2, 0.25) is 0 Å². The van der Waals surface area contributed by atoms with Crippen LogP contribution in [0.2, 0.25) is 0 Å². The van der Waals surface area contributed by atoms with E-state index >= 15 is 0 Å². The van der Waals surface area contributed by atoms with E-state index < -0.39 is 0 Å². The summed E-state index contributed by atoms with van der Waals surface area (Å²) in [4.78, 5) is 0. The van der Waals surface area contributed by atoms with Gasteiger partial charge < -0.3 is 9.88 Å². The van der Waals surface area contributed by atoms with E-state index in [9.17, 15) is 0 Å². The van der Waals surface area contributed by atoms with Crippen molar-refractivity contribution in [3.63, 3.8) is 0 Å². The minimum atomic E-state index is -0.0579. The molecule has 0 amide bonds. The third-order valence-electron chi connectivity index (χ3n) is 9.53. The lowest BCUT2D eigenvalue weighted by molar-refractivity contribution is 0.659. The minimum absolute atomic E-state index is 0.0579. The van der Waals surface area contributed by atoms with Crippen LogP contribution in [0.3, 0.4) is 0 Å². The second-order valence-electron chi connectivity index (χ2n) is 12.3. The molecule has 0 radical (unpaired) electrons. The second-order valence-corrected chi connectivity index (χ2v) is 12.3. The van der Waals surface area contributed by atoms with Crippen molar-refractivity contribution in [3.05, 3.63) is 150 Å². The molecule has 0 unspecified atom stereocenters. The SMILES string of the molecule is CC1(C)c2ccccc2-c2ccc3c(c21)C=Cc1cc(-c2ccc4c5ccccc5n(-c5ccccc5)c4c2)ccc1N3. The minimum Gasteiger partial charge on any atom is -0.355 e. The van der Waals surface area contributed by atoms with Crippen molar-refractivity contribution in [2.75, 3.05) is 5.32 Å². The summed E-state index contributed by atoms with van der Waals surface area (Å²) >= 11 is 0. The smallest absolute Gasteiger partial charge is 0.0547 e. The predicted molar refractivity (Wildman–Crippen MR) is 182 cm³/mol. The molecule has 1 N–H and O–H groups in total. The molecule has 0 atom stereocenters. The first-order chi connectivity index (χ1) is 21.1. The van der Waals surface area contributed by atoms with Crippen molar-refractivity contribution in [2.45, 2.75) is 19.3 Å². The van der Waals surface area contributed by atoms with Gasteiger partial charge in [0, 0.05) is 38.8 Å². The number of aromatic nitrogens is 1. The Kier molecular flexibility index (Phi) is 4.99. The molecule has 0 saturated carbocycles. The van der Waals surface area contributed by atoms with Crippen LogP contribution in [0.25, 0.3) is 61.9 Å². The lowest BCUT2D eigenvalue weighted by Crippen LogP contribution is -2.16. The van der Waals surface area contributed by atoms with Gasteiger partial charge in [0.15, 0.2) is 0 Å². The zero-order valence-corrected chi connectivity index (χ0v) is 24.2. The molecule has 1 aliphatic heterocycles. The average molecular weight is 551 g/mol. The quantitative estimate of drug-likeness (QED) is 0.226. The van der Waals surface area contributed by atoms with Gasteiger partial charge >= 0.3 is 0 Å². The third kappa shape index (κ3) is 3.47. The molecule has 2 aliphatic rings. The van der Waals surface area contributed by atoms with E-state index in [4.69, 9.17) is 0 Å². The standard InChI is InChI=1S/C41H30N2/c1-41(2)35-14-8-6-12-30(35)33-21-23-37-34(40(33)41)20-17-28-24-26(18-22-36(28)42-37)27-16-19-32-31-13-7-9-15-38(31)43(39(32)25-27)29-10-4-3-5-11-29/h3-25,42H,1-2H3. The summed E-state index contributed by atoms with van der Waals surface area (Å²) in [6.07, 6.45) is 4.61. The van der Waals surface area contributed by atoms with Crippen LogP contribution >= 0.6 is 0 Å². The molecule has 0 spiro atoms. The summed E-state index contributed by atoms with van der Waals surface area (Å²) in [7, 11) is 0. The molecule has 0 bridgehead atoms. The van der Waals surface area contributed by atoms with Gasteiger partial charge in [0.05, 0.1) is 11.0 Å². The molecule has 204 valence electrons. The van der Waals surface area contributed by atoms with E-state index in [1.807, 2.05) is 0 Å². The highest BCUT2D eigenvalue weighted by Crippen LogP contribution is 2.52. The first-order valence-corrected chi connectivity index (χ1v) is 15.0. The van der Waals surface area contributed by atoms with E-state index in [0.717, 1.165) is 11.4 Å². The van der Waals surface area contributed by atoms with Crippen LogP contribution in [-0.2, 0) is 5.41 Å². The largest absolute Gasteiger partial charge is 0.355 e. The molecule has 0 saturated heterocycles. The van der Waals surface area contributed by atoms with Gasteiger partial charge in [-0.25, -0.2) is 0 Å². The van der Waals surface area contributed by atoms with Crippen LogP contribution in [0.1, 0.15) is 36.1 Å². The molecule has 9 rings (SSSR count). The summed E-state index contributed by atoms with van der Waals surface area (Å²) in [5.74, 6) is 0. The number of fused-ring (bicyclic) bond motifs is 9. The first kappa shape index (κ1) is 24.3. The van der Waals surface area contributed by atoms with E-state index in [0.29, 0.717) is 0 Å². The van der Waals surface area contributed by atoms with Gasteiger partial charge in [-0.15, -0.1) is 0 Å². The number of hydrogen-bond acceptors (Lipinski definition) is 1. The Morgan fingerprint density at radius 1 is 0.558 bits per heavy atom. The number of hydrogen-bond donors (Lipinski definition) is 1. The highest BCUT2D eigenvalue weighted by atomic mass is 15.0. The molecule has 2 heteroatoms. The Balaban J connectivity index is 1.17. The van der Waals surface area contributed by atoms with Crippen molar-refractivity contribution in [1.29, 1.82) is 0 Å². The number of nitrogens with one attached hydrogen (secondary N) is 1. The lowest BCUT2D eigenvalue weighted by Gasteiger charge is -2.24. The van der Waals surface area contributed by atoms with E-state index in [2.05, 4.69) is 163 Å². The second kappa shape index (κ2) is 8.83. The first-order valence-electron chi connectivity index (χ1n) is 15.0. The van der Waals surface area contributed by atoms with Crippen molar-refractivity contribution < 1.29 is 0 Å². The van der Waals surface area contributed by atoms with Crippen LogP contribution in [-0.4, -0.2) is 4.57 Å². The summed E-state index contributed by atoms with van der Waals surface area (Å²) in [6.45, 7) is 4.71. The maximum absolute atomic E-state index is 3.79. The zero-order chi connectivity index (χ0) is 28.7. The summed E-state index contributed by atoms with van der Waals surface area (Å²) in [5, 5.41) is 6.33. The maximum atomic E-state index is 3.79. The lowest BCUT2D eigenvalue weighted by atomic mass is 9.79. The number of rotatable bonds is 2. The Morgan fingerprint density at radius 3 is 2.19 bits per heavy atom. The highest BCUT2D eigenvalue weighted by Gasteiger charge is 2.37. The van der Waals surface area contributed by atoms with Crippen molar-refractivity contribution >= 4 is 45.3 Å². The Morgan fingerprint density at radius 2 is 1.28 bits per heavy atom. The molecule has 0 fully saturated rings. The highest BCUT2D eigenvalue weighted by molar-refractivity contribution is 6.10. The molecule has 43 heavy (non-hydrogen) atoms. The fourth-order valence-electron chi connectivity index (χ4n) is 7.51. The van der Waals surface area contributed by atoms with Gasteiger partial charge in [-0.3, -0.25) is 0 Å². The predicted octanol–water partition coefficient (Wildman–Crippen LogP) is 11.0. The van der Waals surface area contributed by atoms with Crippen LogP contribution in [0.5, 0.6) is 0 Å². The molecule has 1 aliphatic carbocycles. The van der Waals surface area contributed by atoms with Crippen LogP contribution < -0.4 is 5.32 Å². The van der Waals surface area contributed by atoms with Crippen molar-refractivity contribution in [1.82, 2.24) is 4.57 Å². The Hall–Kier alpha value is -5.34. The molecule has 2 nitrogen and oxygen atoms in total. The van der Waals surface area contributed by atoms with Gasteiger partial charge in [-0.1, -0.05) is 111 Å². The molecule has 2 heterocycles. The Labute approximate surface area is 251 Å². The summed E-state index contributed by atoms with van der Waals surface area (Å²) in [6, 6.07) is 46.5. The zero-order valence-electron chi connectivity index (χ0n) is 24.2. The number of nitrogens with zero attached hydrogens (tertiary/aromatic N) is 1. The monoisotopic (exact) mass is 550 g/mol. The molecular formula is C41H30N2. The fourth-order valence-corrected chi connectivity index (χ4v) is 7.51. The van der Waals surface area contributed by atoms with Gasteiger partial charge in [-0.2, -0.15) is 0 Å². The fraction of sp³-hybridized carbons (Fsp3) is 0.0732. The van der Waals surface area contributed by atoms with Crippen molar-refractivity contribution in [3.8, 4) is 27.9 Å². The van der Waals surface area contributed by atoms with E-state index in [1.54, 1.807) is 0 Å².